The van der Waals surface area contributed by atoms with Crippen molar-refractivity contribution in [3.8, 4) is 0 Å². The number of rotatable bonds is 4. The Morgan fingerprint density at radius 3 is 2.55 bits per heavy atom. The Bertz CT molecular complexity index is 609. The molecule has 0 spiro atoms. The van der Waals surface area contributed by atoms with Gasteiger partial charge in [0.05, 0.1) is 0 Å². The first-order valence-corrected chi connectivity index (χ1v) is 8.98. The number of nitrogens with one attached hydrogen (secondary N) is 1. The summed E-state index contributed by atoms with van der Waals surface area (Å²) in [6.07, 6.45) is 5.12. The minimum Gasteiger partial charge on any atom is -0.305 e. The van der Waals surface area contributed by atoms with E-state index >= 15 is 0 Å². The molecule has 0 atom stereocenters. The van der Waals surface area contributed by atoms with Gasteiger partial charge in [-0.2, -0.15) is 4.31 Å². The van der Waals surface area contributed by atoms with E-state index in [0.29, 0.717) is 23.0 Å². The molecule has 0 saturated carbocycles. The van der Waals surface area contributed by atoms with Crippen LogP contribution in [0.15, 0.2) is 28.5 Å². The normalized spacial score (nSPS) is 18.7. The number of aryl methyl sites for hydroxylation is 1. The lowest BCUT2D eigenvalue weighted by Gasteiger charge is -2.30. The number of allylic oxidation sites excluding steroid dienone is 2. The Morgan fingerprint density at radius 2 is 2.05 bits per heavy atom. The van der Waals surface area contributed by atoms with Crippen molar-refractivity contribution in [3.63, 3.8) is 0 Å². The molecule has 0 aromatic carbocycles. The van der Waals surface area contributed by atoms with Crippen molar-refractivity contribution in [3.05, 3.63) is 29.2 Å². The minimum absolute atomic E-state index is 0.183. The fourth-order valence-corrected chi connectivity index (χ4v) is 5.31. The van der Waals surface area contributed by atoms with E-state index in [0.717, 1.165) is 17.7 Å². The third-order valence-electron chi connectivity index (χ3n) is 3.55. The van der Waals surface area contributed by atoms with E-state index in [-0.39, 0.29) is 5.92 Å². The minimum atomic E-state index is -3.34. The van der Waals surface area contributed by atoms with Crippen LogP contribution in [0.1, 0.15) is 24.6 Å². The number of nitrogens with zero attached hydrogens (tertiary/aromatic N) is 1. The van der Waals surface area contributed by atoms with Crippen LogP contribution in [0.25, 0.3) is 0 Å². The summed E-state index contributed by atoms with van der Waals surface area (Å²) in [5.41, 5.74) is 0.608. The van der Waals surface area contributed by atoms with E-state index < -0.39 is 10.0 Å². The molecule has 6 heteroatoms. The van der Waals surface area contributed by atoms with Crippen LogP contribution in [0.5, 0.6) is 0 Å². The molecule has 0 unspecified atom stereocenters. The Kier molecular flexibility index (Phi) is 4.78. The van der Waals surface area contributed by atoms with Gasteiger partial charge in [0.15, 0.2) is 0 Å². The monoisotopic (exact) mass is 312 g/mol. The second-order valence-electron chi connectivity index (χ2n) is 5.00. The Hall–Kier alpha value is -0.980. The van der Waals surface area contributed by atoms with Gasteiger partial charge in [0.25, 0.3) is 10.0 Å². The Morgan fingerprint density at radius 1 is 1.40 bits per heavy atom. The molecular formula is C14H20N2O2S2. The predicted octanol–water partition coefficient (Wildman–Crippen LogP) is 3.05. The molecule has 1 aliphatic rings. The van der Waals surface area contributed by atoms with Crippen molar-refractivity contribution >= 4 is 27.1 Å². The van der Waals surface area contributed by atoms with E-state index in [9.17, 15) is 8.42 Å². The van der Waals surface area contributed by atoms with Gasteiger partial charge in [-0.3, -0.25) is 0 Å². The first-order valence-electron chi connectivity index (χ1n) is 6.73. The number of sulfonamides is 1. The average Bonchev–Trinajstić information content (AvgIpc) is 2.86. The molecule has 1 aromatic heterocycles. The Labute approximate surface area is 124 Å². The van der Waals surface area contributed by atoms with Crippen molar-refractivity contribution in [2.75, 3.05) is 13.1 Å². The zero-order valence-electron chi connectivity index (χ0n) is 11.8. The highest BCUT2D eigenvalue weighted by atomic mass is 32.2. The lowest BCUT2D eigenvalue weighted by molar-refractivity contribution is 0.316. The van der Waals surface area contributed by atoms with Crippen LogP contribution in [-0.4, -0.2) is 31.5 Å². The van der Waals surface area contributed by atoms with E-state index in [1.807, 2.05) is 26.0 Å². The SMILES string of the molecule is C/C=C\C(=N)C1CCN(S(=O)(=O)c2ccc(C)s2)CC1. The summed E-state index contributed by atoms with van der Waals surface area (Å²) in [6.45, 7) is 4.81. The zero-order valence-corrected chi connectivity index (χ0v) is 13.4. The van der Waals surface area contributed by atoms with Crippen molar-refractivity contribution < 1.29 is 8.42 Å². The average molecular weight is 312 g/mol. The van der Waals surface area contributed by atoms with Gasteiger partial charge < -0.3 is 5.41 Å². The summed E-state index contributed by atoms with van der Waals surface area (Å²) in [5.74, 6) is 0.183. The van der Waals surface area contributed by atoms with E-state index in [4.69, 9.17) is 5.41 Å². The molecule has 1 N–H and O–H groups in total. The van der Waals surface area contributed by atoms with Crippen LogP contribution < -0.4 is 0 Å². The summed E-state index contributed by atoms with van der Waals surface area (Å²) >= 11 is 1.32. The summed E-state index contributed by atoms with van der Waals surface area (Å²) in [5, 5.41) is 7.92. The maximum Gasteiger partial charge on any atom is 0.252 e. The molecule has 1 aromatic rings. The molecule has 2 rings (SSSR count). The van der Waals surface area contributed by atoms with Gasteiger partial charge in [0.2, 0.25) is 0 Å². The summed E-state index contributed by atoms with van der Waals surface area (Å²) < 4.78 is 26.9. The molecule has 4 nitrogen and oxygen atoms in total. The van der Waals surface area contributed by atoms with Gasteiger partial charge in [-0.15, -0.1) is 11.3 Å². The smallest absolute Gasteiger partial charge is 0.252 e. The molecule has 2 heterocycles. The number of piperidine rings is 1. The molecule has 1 saturated heterocycles. The van der Waals surface area contributed by atoms with Gasteiger partial charge in [-0.1, -0.05) is 6.08 Å². The standard InChI is InChI=1S/C14H20N2O2S2/c1-3-4-13(15)12-7-9-16(10-8-12)20(17,18)14-6-5-11(2)19-14/h3-6,12,15H,7-10H2,1-2H3/b4-3-,15-13?. The molecule has 0 bridgehead atoms. The van der Waals surface area contributed by atoms with E-state index in [1.54, 1.807) is 16.4 Å². The van der Waals surface area contributed by atoms with Crippen molar-refractivity contribution in [2.24, 2.45) is 5.92 Å². The first kappa shape index (κ1) is 15.4. The summed E-state index contributed by atoms with van der Waals surface area (Å²) in [6, 6.07) is 3.52. The van der Waals surface area contributed by atoms with E-state index in [2.05, 4.69) is 0 Å². The molecule has 0 radical (unpaired) electrons. The number of hydrogen-bond donors (Lipinski definition) is 1. The maximum atomic E-state index is 12.5. The highest BCUT2D eigenvalue weighted by Gasteiger charge is 2.31. The highest BCUT2D eigenvalue weighted by molar-refractivity contribution is 7.91. The van der Waals surface area contributed by atoms with Gasteiger partial charge in [0, 0.05) is 29.6 Å². The van der Waals surface area contributed by atoms with Gasteiger partial charge in [-0.05, 0) is 44.9 Å². The Balaban J connectivity index is 2.05. The largest absolute Gasteiger partial charge is 0.305 e. The van der Waals surface area contributed by atoms with Gasteiger partial charge >= 0.3 is 0 Å². The second-order valence-corrected chi connectivity index (χ2v) is 8.45. The fourth-order valence-electron chi connectivity index (χ4n) is 2.40. The summed E-state index contributed by atoms with van der Waals surface area (Å²) in [7, 11) is -3.34. The third-order valence-corrected chi connectivity index (χ3v) is 6.92. The number of thiophene rings is 1. The topological polar surface area (TPSA) is 61.2 Å². The van der Waals surface area contributed by atoms with Crippen LogP contribution in [0.3, 0.4) is 0 Å². The fraction of sp³-hybridized carbons (Fsp3) is 0.500. The van der Waals surface area contributed by atoms with E-state index in [1.165, 1.54) is 11.3 Å². The quantitative estimate of drug-likeness (QED) is 0.869. The van der Waals surface area contributed by atoms with Crippen LogP contribution in [0.4, 0.5) is 0 Å². The molecule has 20 heavy (non-hydrogen) atoms. The molecule has 1 aliphatic heterocycles. The van der Waals surface area contributed by atoms with Gasteiger partial charge in [0.1, 0.15) is 4.21 Å². The second kappa shape index (κ2) is 6.20. The van der Waals surface area contributed by atoms with Crippen LogP contribution >= 0.6 is 11.3 Å². The first-order chi connectivity index (χ1) is 9.45. The maximum absolute atomic E-state index is 12.5. The van der Waals surface area contributed by atoms with Crippen molar-refractivity contribution in [1.29, 1.82) is 5.41 Å². The number of hydrogen-bond acceptors (Lipinski definition) is 4. The summed E-state index contributed by atoms with van der Waals surface area (Å²) in [4.78, 5) is 1.01. The molecule has 0 aliphatic carbocycles. The predicted molar refractivity (Wildman–Crippen MR) is 83.1 cm³/mol. The lowest BCUT2D eigenvalue weighted by Crippen LogP contribution is -2.39. The molecule has 0 amide bonds. The lowest BCUT2D eigenvalue weighted by atomic mass is 9.93. The molecule has 110 valence electrons. The third kappa shape index (κ3) is 3.19. The molecule has 1 fully saturated rings. The van der Waals surface area contributed by atoms with Crippen LogP contribution in [-0.2, 0) is 10.0 Å². The zero-order chi connectivity index (χ0) is 14.8. The van der Waals surface area contributed by atoms with Crippen LogP contribution in [0, 0.1) is 18.3 Å². The molecular weight excluding hydrogens is 292 g/mol. The van der Waals surface area contributed by atoms with Crippen molar-refractivity contribution in [1.82, 2.24) is 4.31 Å². The highest BCUT2D eigenvalue weighted by Crippen LogP contribution is 2.28. The van der Waals surface area contributed by atoms with Crippen LogP contribution in [0.2, 0.25) is 0 Å². The van der Waals surface area contributed by atoms with Crippen molar-refractivity contribution in [2.45, 2.75) is 30.9 Å². The van der Waals surface area contributed by atoms with Gasteiger partial charge in [-0.25, -0.2) is 8.42 Å².